The minimum absolute atomic E-state index is 0.140. The maximum atomic E-state index is 5.56. The molecule has 0 amide bonds. The summed E-state index contributed by atoms with van der Waals surface area (Å²) in [6.45, 7) is 7.03. The first-order valence-corrected chi connectivity index (χ1v) is 8.10. The maximum absolute atomic E-state index is 5.56. The molecule has 1 rings (SSSR count). The smallest absolute Gasteiger partial charge is 0.179 e. The van der Waals surface area contributed by atoms with E-state index in [4.69, 9.17) is 4.74 Å². The molecule has 1 aliphatic rings. The van der Waals surface area contributed by atoms with Crippen molar-refractivity contribution >= 4 is 9.84 Å². The summed E-state index contributed by atoms with van der Waals surface area (Å²) in [4.78, 5) is 0. The van der Waals surface area contributed by atoms with Crippen LogP contribution in [-0.4, -0.2) is 45.5 Å². The Kier molecular flexibility index (Phi) is 7.28. The van der Waals surface area contributed by atoms with Gasteiger partial charge in [0.1, 0.15) is 0 Å². The molecule has 1 heterocycles. The van der Waals surface area contributed by atoms with Gasteiger partial charge >= 0.3 is 0 Å². The fraction of sp³-hybridized carbons (Fsp3) is 1.00. The quantitative estimate of drug-likeness (QED) is 0.455. The van der Waals surface area contributed by atoms with Crippen molar-refractivity contribution in [2.45, 2.75) is 58.7 Å². The van der Waals surface area contributed by atoms with Crippen LogP contribution in [0.4, 0.5) is 0 Å². The van der Waals surface area contributed by atoms with Crippen molar-refractivity contribution in [1.29, 1.82) is 0 Å². The summed E-state index contributed by atoms with van der Waals surface area (Å²) in [5.41, 5.74) is 0. The molecule has 0 radical (unpaired) electrons. The standard InChI is InChI=1S/C12H28N2OSi/c1-4-6-8-10-13-12(15-3)14(16-13)11-9-7-5-2/h12H,4-11,16H2,1-3H3. The Balaban J connectivity index is 2.12. The summed E-state index contributed by atoms with van der Waals surface area (Å²) in [6, 6.07) is 0. The largest absolute Gasteiger partial charge is 0.354 e. The summed E-state index contributed by atoms with van der Waals surface area (Å²) >= 11 is 0. The van der Waals surface area contributed by atoms with E-state index in [1.54, 1.807) is 0 Å². The Morgan fingerprint density at radius 2 is 1.44 bits per heavy atom. The van der Waals surface area contributed by atoms with E-state index in [1.807, 2.05) is 7.11 Å². The average molecular weight is 244 g/mol. The average Bonchev–Trinajstić information content (AvgIpc) is 2.26. The van der Waals surface area contributed by atoms with Crippen molar-refractivity contribution < 1.29 is 4.74 Å². The number of unbranched alkanes of at least 4 members (excludes halogenated alkanes) is 4. The lowest BCUT2D eigenvalue weighted by Gasteiger charge is -2.49. The van der Waals surface area contributed by atoms with Crippen LogP contribution in [0.15, 0.2) is 0 Å². The molecule has 1 fully saturated rings. The molecule has 4 heteroatoms. The summed E-state index contributed by atoms with van der Waals surface area (Å²) in [5.74, 6) is 0. The fourth-order valence-corrected chi connectivity index (χ4v) is 4.23. The van der Waals surface area contributed by atoms with E-state index in [-0.39, 0.29) is 9.84 Å². The fourth-order valence-electron chi connectivity index (χ4n) is 2.30. The van der Waals surface area contributed by atoms with Crippen LogP contribution in [0.25, 0.3) is 0 Å². The van der Waals surface area contributed by atoms with E-state index < -0.39 is 0 Å². The Labute approximate surface area is 103 Å². The number of nitrogens with zero attached hydrogens (tertiary/aromatic N) is 2. The summed E-state index contributed by atoms with van der Waals surface area (Å²) in [6.07, 6.45) is 8.34. The summed E-state index contributed by atoms with van der Waals surface area (Å²) in [5, 5.41) is 0. The predicted octanol–water partition coefficient (Wildman–Crippen LogP) is 1.91. The topological polar surface area (TPSA) is 15.7 Å². The van der Waals surface area contributed by atoms with Crippen molar-refractivity contribution in [3.8, 4) is 0 Å². The Morgan fingerprint density at radius 1 is 0.938 bits per heavy atom. The van der Waals surface area contributed by atoms with Crippen molar-refractivity contribution in [3.63, 3.8) is 0 Å². The van der Waals surface area contributed by atoms with E-state index in [9.17, 15) is 0 Å². The van der Waals surface area contributed by atoms with Gasteiger partial charge in [0.05, 0.1) is 0 Å². The second kappa shape index (κ2) is 8.23. The first-order valence-electron chi connectivity index (χ1n) is 6.84. The molecular weight excluding hydrogens is 216 g/mol. The third-order valence-corrected chi connectivity index (χ3v) is 5.28. The molecular formula is C12H28N2OSi. The monoisotopic (exact) mass is 244 g/mol. The van der Waals surface area contributed by atoms with Gasteiger partial charge in [0.15, 0.2) is 16.2 Å². The number of methoxy groups -OCH3 is 1. The van der Waals surface area contributed by atoms with Crippen LogP contribution in [0.3, 0.4) is 0 Å². The lowest BCUT2D eigenvalue weighted by Crippen LogP contribution is -2.67. The highest BCUT2D eigenvalue weighted by Gasteiger charge is 2.35. The SMILES string of the molecule is CCCCCN1[SiH2]N(CCCCC)C1OC. The normalized spacial score (nSPS) is 23.8. The molecule has 0 aromatic carbocycles. The van der Waals surface area contributed by atoms with Crippen molar-refractivity contribution in [2.24, 2.45) is 0 Å². The van der Waals surface area contributed by atoms with Crippen LogP contribution in [0.1, 0.15) is 52.4 Å². The lowest BCUT2D eigenvalue weighted by molar-refractivity contribution is -0.114. The Bertz CT molecular complexity index is 164. The minimum atomic E-state index is -0.140. The zero-order valence-electron chi connectivity index (χ0n) is 11.2. The van der Waals surface area contributed by atoms with Crippen LogP contribution in [0, 0.1) is 0 Å². The first-order chi connectivity index (χ1) is 7.83. The second-order valence-electron chi connectivity index (χ2n) is 4.74. The van der Waals surface area contributed by atoms with Crippen LogP contribution in [0.2, 0.25) is 0 Å². The van der Waals surface area contributed by atoms with Gasteiger partial charge in [-0.15, -0.1) is 0 Å². The van der Waals surface area contributed by atoms with E-state index in [0.717, 1.165) is 0 Å². The van der Waals surface area contributed by atoms with Crippen LogP contribution in [0.5, 0.6) is 0 Å². The number of ether oxygens (including phenoxy) is 1. The summed E-state index contributed by atoms with van der Waals surface area (Å²) < 4.78 is 10.7. The first kappa shape index (κ1) is 14.2. The van der Waals surface area contributed by atoms with Crippen molar-refractivity contribution in [1.82, 2.24) is 9.13 Å². The molecule has 16 heavy (non-hydrogen) atoms. The lowest BCUT2D eigenvalue weighted by atomic mass is 10.2. The highest BCUT2D eigenvalue weighted by atomic mass is 28.2. The number of hydrogen-bond acceptors (Lipinski definition) is 3. The molecule has 0 aliphatic carbocycles. The van der Waals surface area contributed by atoms with Gasteiger partial charge in [0.25, 0.3) is 0 Å². The van der Waals surface area contributed by atoms with Crippen LogP contribution >= 0.6 is 0 Å². The van der Waals surface area contributed by atoms with Crippen LogP contribution in [-0.2, 0) is 4.74 Å². The number of hydrogen-bond donors (Lipinski definition) is 0. The molecule has 96 valence electrons. The van der Waals surface area contributed by atoms with E-state index in [2.05, 4.69) is 23.0 Å². The highest BCUT2D eigenvalue weighted by molar-refractivity contribution is 6.31. The van der Waals surface area contributed by atoms with E-state index in [0.29, 0.717) is 6.35 Å². The minimum Gasteiger partial charge on any atom is -0.354 e. The van der Waals surface area contributed by atoms with Gasteiger partial charge in [0, 0.05) is 7.11 Å². The Morgan fingerprint density at radius 3 is 1.81 bits per heavy atom. The van der Waals surface area contributed by atoms with Gasteiger partial charge in [-0.3, -0.25) is 9.13 Å². The molecule has 0 N–H and O–H groups in total. The molecule has 0 unspecified atom stereocenters. The highest BCUT2D eigenvalue weighted by Crippen LogP contribution is 2.18. The van der Waals surface area contributed by atoms with Gasteiger partial charge in [-0.05, 0) is 25.9 Å². The third-order valence-electron chi connectivity index (χ3n) is 3.30. The molecule has 3 nitrogen and oxygen atoms in total. The number of rotatable bonds is 9. The van der Waals surface area contributed by atoms with Crippen molar-refractivity contribution in [2.75, 3.05) is 20.2 Å². The zero-order valence-corrected chi connectivity index (χ0v) is 12.7. The third kappa shape index (κ3) is 4.16. The molecule has 0 bridgehead atoms. The zero-order chi connectivity index (χ0) is 11.8. The van der Waals surface area contributed by atoms with Gasteiger partial charge in [-0.1, -0.05) is 39.5 Å². The molecule has 1 aliphatic heterocycles. The van der Waals surface area contributed by atoms with Crippen LogP contribution < -0.4 is 0 Å². The van der Waals surface area contributed by atoms with Gasteiger partial charge < -0.3 is 4.74 Å². The molecule has 1 saturated heterocycles. The molecule has 0 saturated carbocycles. The van der Waals surface area contributed by atoms with Crippen molar-refractivity contribution in [3.05, 3.63) is 0 Å². The van der Waals surface area contributed by atoms with Gasteiger partial charge in [-0.2, -0.15) is 0 Å². The van der Waals surface area contributed by atoms with Gasteiger partial charge in [0.2, 0.25) is 0 Å². The van der Waals surface area contributed by atoms with E-state index in [1.165, 1.54) is 51.6 Å². The molecule has 0 spiro atoms. The maximum Gasteiger partial charge on any atom is 0.179 e. The molecule has 0 aromatic rings. The van der Waals surface area contributed by atoms with Gasteiger partial charge in [-0.25, -0.2) is 0 Å². The molecule has 0 aromatic heterocycles. The Hall–Kier alpha value is 0.0969. The second-order valence-corrected chi connectivity index (χ2v) is 6.65. The summed E-state index contributed by atoms with van der Waals surface area (Å²) in [7, 11) is 1.71. The predicted molar refractivity (Wildman–Crippen MR) is 71.8 cm³/mol. The van der Waals surface area contributed by atoms with E-state index >= 15 is 0 Å². The molecule has 0 atom stereocenters.